The van der Waals surface area contributed by atoms with E-state index in [0.717, 1.165) is 42.8 Å². The van der Waals surface area contributed by atoms with Gasteiger partial charge in [-0.3, -0.25) is 9.40 Å². The van der Waals surface area contributed by atoms with Crippen molar-refractivity contribution in [2.24, 2.45) is 0 Å². The van der Waals surface area contributed by atoms with E-state index in [9.17, 15) is 8.42 Å². The van der Waals surface area contributed by atoms with Gasteiger partial charge in [-0.25, -0.2) is 13.1 Å². The Balaban J connectivity index is 1.73. The van der Waals surface area contributed by atoms with Gasteiger partial charge in [0.15, 0.2) is 0 Å². The molecule has 0 aliphatic carbocycles. The SMILES string of the molecule is Cc1cnn(-c2ccccc2)c1NS(=O)(=O)c1cnn2c1CCCC2. The Labute approximate surface area is 146 Å². The second-order valence-electron chi connectivity index (χ2n) is 6.16. The second kappa shape index (κ2) is 6.03. The third-order valence-corrected chi connectivity index (χ3v) is 5.80. The number of nitrogens with one attached hydrogen (secondary N) is 1. The maximum Gasteiger partial charge on any atom is 0.266 e. The number of benzene rings is 1. The topological polar surface area (TPSA) is 81.8 Å². The first-order valence-electron chi connectivity index (χ1n) is 8.24. The summed E-state index contributed by atoms with van der Waals surface area (Å²) in [4.78, 5) is 0.257. The number of aromatic nitrogens is 4. The minimum Gasteiger partial charge on any atom is -0.268 e. The molecule has 8 heteroatoms. The monoisotopic (exact) mass is 357 g/mol. The summed E-state index contributed by atoms with van der Waals surface area (Å²) >= 11 is 0. The Morgan fingerprint density at radius 2 is 1.88 bits per heavy atom. The molecule has 1 aromatic carbocycles. The smallest absolute Gasteiger partial charge is 0.266 e. The van der Waals surface area contributed by atoms with Crippen LogP contribution in [0.3, 0.4) is 0 Å². The van der Waals surface area contributed by atoms with Gasteiger partial charge in [0.1, 0.15) is 10.7 Å². The summed E-state index contributed by atoms with van der Waals surface area (Å²) in [7, 11) is -3.73. The first kappa shape index (κ1) is 15.9. The van der Waals surface area contributed by atoms with E-state index in [1.54, 1.807) is 15.6 Å². The molecule has 4 rings (SSSR count). The molecule has 25 heavy (non-hydrogen) atoms. The fourth-order valence-corrected chi connectivity index (χ4v) is 4.43. The van der Waals surface area contributed by atoms with E-state index in [1.165, 1.54) is 6.20 Å². The zero-order valence-corrected chi connectivity index (χ0v) is 14.7. The Bertz CT molecular complexity index is 1010. The van der Waals surface area contributed by atoms with E-state index in [-0.39, 0.29) is 4.90 Å². The van der Waals surface area contributed by atoms with E-state index in [2.05, 4.69) is 14.9 Å². The van der Waals surface area contributed by atoms with Gasteiger partial charge in [-0.05, 0) is 38.3 Å². The van der Waals surface area contributed by atoms with Crippen molar-refractivity contribution >= 4 is 15.8 Å². The molecule has 0 fully saturated rings. The van der Waals surface area contributed by atoms with Gasteiger partial charge in [0.25, 0.3) is 10.0 Å². The Kier molecular flexibility index (Phi) is 3.84. The summed E-state index contributed by atoms with van der Waals surface area (Å²) in [5.74, 6) is 0.446. The average molecular weight is 357 g/mol. The summed E-state index contributed by atoms with van der Waals surface area (Å²) in [5.41, 5.74) is 2.33. The van der Waals surface area contributed by atoms with Gasteiger partial charge in [-0.15, -0.1) is 0 Å². The van der Waals surface area contributed by atoms with Crippen molar-refractivity contribution in [1.82, 2.24) is 19.6 Å². The molecule has 130 valence electrons. The molecule has 3 heterocycles. The predicted molar refractivity (Wildman–Crippen MR) is 94.3 cm³/mol. The van der Waals surface area contributed by atoms with Crippen LogP contribution in [0.25, 0.3) is 5.69 Å². The van der Waals surface area contributed by atoms with Crippen molar-refractivity contribution in [3.05, 3.63) is 54.0 Å². The number of hydrogen-bond acceptors (Lipinski definition) is 4. The number of fused-ring (bicyclic) bond motifs is 1. The second-order valence-corrected chi connectivity index (χ2v) is 7.82. The van der Waals surface area contributed by atoms with E-state index >= 15 is 0 Å². The van der Waals surface area contributed by atoms with Crippen LogP contribution in [0.1, 0.15) is 24.1 Å². The fourth-order valence-electron chi connectivity index (χ4n) is 3.12. The van der Waals surface area contributed by atoms with E-state index in [0.29, 0.717) is 5.82 Å². The van der Waals surface area contributed by atoms with Gasteiger partial charge in [0.2, 0.25) is 0 Å². The molecule has 1 aliphatic heterocycles. The molecule has 7 nitrogen and oxygen atoms in total. The lowest BCUT2D eigenvalue weighted by Gasteiger charge is -2.16. The van der Waals surface area contributed by atoms with Crippen LogP contribution in [0, 0.1) is 6.92 Å². The van der Waals surface area contributed by atoms with E-state index < -0.39 is 10.0 Å². The average Bonchev–Trinajstić information content (AvgIpc) is 3.20. The largest absolute Gasteiger partial charge is 0.268 e. The molecule has 3 aromatic rings. The molecular formula is C17H19N5O2S. The predicted octanol–water partition coefficient (Wildman–Crippen LogP) is 2.51. The van der Waals surface area contributed by atoms with Crippen LogP contribution in [0.5, 0.6) is 0 Å². The fraction of sp³-hybridized carbons (Fsp3) is 0.294. The highest BCUT2D eigenvalue weighted by atomic mass is 32.2. The number of aryl methyl sites for hydroxylation is 2. The number of rotatable bonds is 4. The highest BCUT2D eigenvalue weighted by Gasteiger charge is 2.26. The normalized spacial score (nSPS) is 14.3. The van der Waals surface area contributed by atoms with Gasteiger partial charge in [-0.1, -0.05) is 18.2 Å². The first-order chi connectivity index (χ1) is 12.1. The number of anilines is 1. The maximum atomic E-state index is 13.0. The Morgan fingerprint density at radius 1 is 1.08 bits per heavy atom. The van der Waals surface area contributed by atoms with E-state index in [1.807, 2.05) is 37.3 Å². The van der Waals surface area contributed by atoms with Crippen molar-refractivity contribution in [3.63, 3.8) is 0 Å². The molecule has 0 amide bonds. The van der Waals surface area contributed by atoms with Gasteiger partial charge in [-0.2, -0.15) is 10.2 Å². The first-order valence-corrected chi connectivity index (χ1v) is 9.72. The number of hydrogen-bond donors (Lipinski definition) is 1. The molecule has 0 saturated carbocycles. The molecular weight excluding hydrogens is 338 g/mol. The minimum absolute atomic E-state index is 0.257. The molecule has 0 atom stereocenters. The van der Waals surface area contributed by atoms with Gasteiger partial charge >= 0.3 is 0 Å². The van der Waals surface area contributed by atoms with Crippen LogP contribution in [-0.4, -0.2) is 28.0 Å². The van der Waals surface area contributed by atoms with Crippen molar-refractivity contribution in [3.8, 4) is 5.69 Å². The van der Waals surface area contributed by atoms with Crippen LogP contribution >= 0.6 is 0 Å². The molecule has 0 saturated heterocycles. The van der Waals surface area contributed by atoms with Crippen molar-refractivity contribution in [2.45, 2.75) is 37.6 Å². The Morgan fingerprint density at radius 3 is 2.68 bits per heavy atom. The number of sulfonamides is 1. The minimum atomic E-state index is -3.73. The lowest BCUT2D eigenvalue weighted by molar-refractivity contribution is 0.481. The summed E-state index contributed by atoms with van der Waals surface area (Å²) < 4.78 is 32.0. The van der Waals surface area contributed by atoms with Crippen LogP contribution in [-0.2, 0) is 23.0 Å². The lowest BCUT2D eigenvalue weighted by Crippen LogP contribution is -2.19. The van der Waals surface area contributed by atoms with E-state index in [4.69, 9.17) is 0 Å². The summed E-state index contributed by atoms with van der Waals surface area (Å²) in [6.45, 7) is 2.60. The van der Waals surface area contributed by atoms with Crippen LogP contribution in [0.15, 0.2) is 47.6 Å². The zero-order valence-electron chi connectivity index (χ0n) is 13.9. The number of para-hydroxylation sites is 1. The molecule has 0 unspecified atom stereocenters. The Hall–Kier alpha value is -2.61. The third-order valence-electron chi connectivity index (χ3n) is 4.42. The third kappa shape index (κ3) is 2.82. The molecule has 0 bridgehead atoms. The maximum absolute atomic E-state index is 13.0. The molecule has 0 radical (unpaired) electrons. The van der Waals surface area contributed by atoms with Gasteiger partial charge < -0.3 is 0 Å². The van der Waals surface area contributed by atoms with Crippen molar-refractivity contribution < 1.29 is 8.42 Å². The molecule has 2 aromatic heterocycles. The van der Waals surface area contributed by atoms with Crippen LogP contribution < -0.4 is 4.72 Å². The molecule has 1 aliphatic rings. The number of nitrogens with zero attached hydrogens (tertiary/aromatic N) is 4. The van der Waals surface area contributed by atoms with Crippen LogP contribution in [0.4, 0.5) is 5.82 Å². The molecule has 1 N–H and O–H groups in total. The summed E-state index contributed by atoms with van der Waals surface area (Å²) in [6, 6.07) is 9.44. The highest BCUT2D eigenvalue weighted by molar-refractivity contribution is 7.92. The highest BCUT2D eigenvalue weighted by Crippen LogP contribution is 2.26. The summed E-state index contributed by atoms with van der Waals surface area (Å²) in [5, 5.41) is 8.54. The van der Waals surface area contributed by atoms with Crippen molar-refractivity contribution in [2.75, 3.05) is 4.72 Å². The van der Waals surface area contributed by atoms with Gasteiger partial charge in [0.05, 0.1) is 23.8 Å². The lowest BCUT2D eigenvalue weighted by atomic mass is 10.1. The summed E-state index contributed by atoms with van der Waals surface area (Å²) in [6.07, 6.45) is 5.84. The quantitative estimate of drug-likeness (QED) is 0.778. The van der Waals surface area contributed by atoms with Gasteiger partial charge in [0, 0.05) is 12.1 Å². The van der Waals surface area contributed by atoms with Crippen LogP contribution in [0.2, 0.25) is 0 Å². The zero-order chi connectivity index (χ0) is 17.4. The van der Waals surface area contributed by atoms with Crippen molar-refractivity contribution in [1.29, 1.82) is 0 Å². The molecule has 0 spiro atoms. The standard InChI is InChI=1S/C17H19N5O2S/c1-13-11-19-22(14-7-3-2-4-8-14)17(13)20-25(23,24)16-12-18-21-10-6-5-9-15(16)21/h2-4,7-8,11-12,20H,5-6,9-10H2,1H3.